The zero-order valence-electron chi connectivity index (χ0n) is 18.4. The molecule has 0 bridgehead atoms. The lowest BCUT2D eigenvalue weighted by molar-refractivity contribution is 0.0794. The van der Waals surface area contributed by atoms with E-state index in [1.54, 1.807) is 0 Å². The normalized spacial score (nSPS) is 15.0. The summed E-state index contributed by atoms with van der Waals surface area (Å²) in [6, 6.07) is 17.1. The Kier molecular flexibility index (Phi) is 7.30. The van der Waals surface area contributed by atoms with Gasteiger partial charge in [0.15, 0.2) is 0 Å². The summed E-state index contributed by atoms with van der Waals surface area (Å²) in [5.74, 6) is 6.72. The molecule has 1 aliphatic rings. The van der Waals surface area contributed by atoms with Crippen molar-refractivity contribution >= 4 is 10.9 Å². The Bertz CT molecular complexity index is 1040. The van der Waals surface area contributed by atoms with Gasteiger partial charge in [-0.2, -0.15) is 0 Å². The minimum atomic E-state index is -0.143. The number of fused-ring (bicyclic) bond motifs is 1. The van der Waals surface area contributed by atoms with Gasteiger partial charge in [0.2, 0.25) is 0 Å². The third-order valence-corrected chi connectivity index (χ3v) is 6.08. The lowest BCUT2D eigenvalue weighted by Crippen LogP contribution is -2.35. The first-order valence-corrected chi connectivity index (χ1v) is 11.3. The van der Waals surface area contributed by atoms with Crippen LogP contribution >= 0.6 is 0 Å². The number of rotatable bonds is 8. The average molecular weight is 417 g/mol. The topological polar surface area (TPSA) is 37.6 Å². The fraction of sp³-hybridized carbons (Fsp3) is 0.407. The molecule has 0 radical (unpaired) electrons. The van der Waals surface area contributed by atoms with Crippen molar-refractivity contribution in [1.29, 1.82) is 0 Å². The van der Waals surface area contributed by atoms with Gasteiger partial charge in [0.1, 0.15) is 12.4 Å². The highest BCUT2D eigenvalue weighted by atomic mass is 16.5. The molecule has 4 rings (SSSR count). The van der Waals surface area contributed by atoms with Crippen LogP contribution in [0.25, 0.3) is 10.9 Å². The van der Waals surface area contributed by atoms with Crippen LogP contribution in [0.5, 0.6) is 5.75 Å². The molecular formula is C27H32N2O2. The molecule has 2 aromatic carbocycles. The molecule has 1 saturated heterocycles. The van der Waals surface area contributed by atoms with Crippen molar-refractivity contribution in [2.24, 2.45) is 0 Å². The van der Waals surface area contributed by atoms with Gasteiger partial charge in [-0.3, -0.25) is 4.90 Å². The summed E-state index contributed by atoms with van der Waals surface area (Å²) in [5.41, 5.74) is 3.98. The summed E-state index contributed by atoms with van der Waals surface area (Å²) in [4.78, 5) is 2.45. The van der Waals surface area contributed by atoms with Gasteiger partial charge in [0.25, 0.3) is 0 Å². The number of hydrogen-bond acceptors (Lipinski definition) is 3. The number of nitrogens with zero attached hydrogens (tertiary/aromatic N) is 2. The Morgan fingerprint density at radius 3 is 2.68 bits per heavy atom. The largest absolute Gasteiger partial charge is 0.481 e. The van der Waals surface area contributed by atoms with Gasteiger partial charge in [-0.1, -0.05) is 36.3 Å². The number of aryl methyl sites for hydroxylation is 2. The van der Waals surface area contributed by atoms with Crippen LogP contribution < -0.4 is 4.74 Å². The van der Waals surface area contributed by atoms with Crippen LogP contribution in [0.15, 0.2) is 54.7 Å². The lowest BCUT2D eigenvalue weighted by Gasteiger charge is -2.29. The van der Waals surface area contributed by atoms with Gasteiger partial charge >= 0.3 is 0 Å². The molecule has 4 heteroatoms. The van der Waals surface area contributed by atoms with E-state index in [1.165, 1.54) is 22.0 Å². The number of aliphatic hydroxyl groups excluding tert-OH is 1. The van der Waals surface area contributed by atoms with E-state index in [9.17, 15) is 5.11 Å². The standard InChI is InChI=1S/C27H32N2O2/c1-2-3-18-31-25-11-12-27-26(19-25)23(20-28-16-13-24(30)14-17-28)21-29(27)15-7-10-22-8-5-4-6-9-22/h4-6,8-9,11-12,19,21,24,30H,7,10,13-18,20H2,1H3. The second-order valence-electron chi connectivity index (χ2n) is 8.34. The number of ether oxygens (including phenoxy) is 1. The molecule has 0 saturated carbocycles. The number of hydrogen-bond donors (Lipinski definition) is 1. The van der Waals surface area contributed by atoms with Gasteiger partial charge in [-0.15, -0.1) is 5.92 Å². The number of benzene rings is 2. The van der Waals surface area contributed by atoms with Crippen LogP contribution in [0.1, 0.15) is 37.3 Å². The van der Waals surface area contributed by atoms with E-state index in [2.05, 4.69) is 76.0 Å². The third kappa shape index (κ3) is 5.70. The Morgan fingerprint density at radius 1 is 1.10 bits per heavy atom. The number of likely N-dealkylation sites (tertiary alicyclic amines) is 1. The molecule has 0 spiro atoms. The summed E-state index contributed by atoms with van der Waals surface area (Å²) in [5, 5.41) is 11.1. The molecule has 31 heavy (non-hydrogen) atoms. The zero-order valence-corrected chi connectivity index (χ0v) is 18.4. The second kappa shape index (κ2) is 10.5. The molecule has 1 aliphatic heterocycles. The van der Waals surface area contributed by atoms with Crippen molar-refractivity contribution in [1.82, 2.24) is 9.47 Å². The molecular weight excluding hydrogens is 384 g/mol. The van der Waals surface area contributed by atoms with Crippen molar-refractivity contribution < 1.29 is 9.84 Å². The first-order chi connectivity index (χ1) is 15.2. The fourth-order valence-corrected chi connectivity index (χ4v) is 4.36. The minimum Gasteiger partial charge on any atom is -0.481 e. The third-order valence-electron chi connectivity index (χ3n) is 6.08. The molecule has 3 aromatic rings. The van der Waals surface area contributed by atoms with Crippen LogP contribution in [0.4, 0.5) is 0 Å². The highest BCUT2D eigenvalue weighted by Crippen LogP contribution is 2.28. The van der Waals surface area contributed by atoms with E-state index in [-0.39, 0.29) is 6.10 Å². The number of aliphatic hydroxyl groups is 1. The van der Waals surface area contributed by atoms with Gasteiger partial charge in [0.05, 0.1) is 6.10 Å². The monoisotopic (exact) mass is 416 g/mol. The quantitative estimate of drug-likeness (QED) is 0.544. The molecule has 162 valence electrons. The van der Waals surface area contributed by atoms with E-state index in [4.69, 9.17) is 4.74 Å². The van der Waals surface area contributed by atoms with Crippen molar-refractivity contribution in [3.8, 4) is 17.6 Å². The van der Waals surface area contributed by atoms with Crippen LogP contribution in [-0.4, -0.2) is 40.4 Å². The molecule has 1 fully saturated rings. The van der Waals surface area contributed by atoms with Gasteiger partial charge < -0.3 is 14.4 Å². The van der Waals surface area contributed by atoms with Crippen molar-refractivity contribution in [3.63, 3.8) is 0 Å². The summed E-state index contributed by atoms with van der Waals surface area (Å²) < 4.78 is 8.22. The highest BCUT2D eigenvalue weighted by molar-refractivity contribution is 5.85. The van der Waals surface area contributed by atoms with E-state index in [0.717, 1.165) is 57.6 Å². The van der Waals surface area contributed by atoms with E-state index >= 15 is 0 Å². The second-order valence-corrected chi connectivity index (χ2v) is 8.34. The van der Waals surface area contributed by atoms with E-state index in [1.807, 2.05) is 6.92 Å². The molecule has 2 heterocycles. The summed E-state index contributed by atoms with van der Waals surface area (Å²) in [6.07, 6.45) is 6.08. The predicted octanol–water partition coefficient (Wildman–Crippen LogP) is 4.63. The van der Waals surface area contributed by atoms with Gasteiger partial charge in [0, 0.05) is 43.3 Å². The van der Waals surface area contributed by atoms with Crippen molar-refractivity contribution in [3.05, 3.63) is 65.9 Å². The molecule has 1 N–H and O–H groups in total. The zero-order chi connectivity index (χ0) is 21.5. The molecule has 0 amide bonds. The lowest BCUT2D eigenvalue weighted by atomic mass is 10.1. The molecule has 4 nitrogen and oxygen atoms in total. The van der Waals surface area contributed by atoms with E-state index < -0.39 is 0 Å². The maximum absolute atomic E-state index is 9.84. The van der Waals surface area contributed by atoms with Crippen LogP contribution in [-0.2, 0) is 19.5 Å². The smallest absolute Gasteiger partial charge is 0.149 e. The van der Waals surface area contributed by atoms with Gasteiger partial charge in [-0.25, -0.2) is 0 Å². The number of aromatic nitrogens is 1. The number of piperidine rings is 1. The molecule has 0 unspecified atom stereocenters. The summed E-state index contributed by atoms with van der Waals surface area (Å²) >= 11 is 0. The van der Waals surface area contributed by atoms with E-state index in [0.29, 0.717) is 6.61 Å². The van der Waals surface area contributed by atoms with Crippen LogP contribution in [0, 0.1) is 11.8 Å². The van der Waals surface area contributed by atoms with Gasteiger partial charge in [-0.05, 0) is 61.9 Å². The predicted molar refractivity (Wildman–Crippen MR) is 126 cm³/mol. The van der Waals surface area contributed by atoms with Crippen LogP contribution in [0.2, 0.25) is 0 Å². The first-order valence-electron chi connectivity index (χ1n) is 11.3. The highest BCUT2D eigenvalue weighted by Gasteiger charge is 2.19. The van der Waals surface area contributed by atoms with Crippen LogP contribution in [0.3, 0.4) is 0 Å². The SMILES string of the molecule is CC#CCOc1ccc2c(c1)c(CN1CCC(O)CC1)cn2CCCc1ccccc1. The van der Waals surface area contributed by atoms with Crippen molar-refractivity contribution in [2.75, 3.05) is 19.7 Å². The molecule has 1 aromatic heterocycles. The molecule has 0 atom stereocenters. The average Bonchev–Trinajstić information content (AvgIpc) is 3.13. The Morgan fingerprint density at radius 2 is 1.90 bits per heavy atom. The summed E-state index contributed by atoms with van der Waals surface area (Å²) in [6.45, 7) is 6.04. The Balaban J connectivity index is 1.53. The van der Waals surface area contributed by atoms with Crippen molar-refractivity contribution in [2.45, 2.75) is 51.8 Å². The minimum absolute atomic E-state index is 0.143. The summed E-state index contributed by atoms with van der Waals surface area (Å²) in [7, 11) is 0. The maximum atomic E-state index is 9.84. The Labute approximate surface area is 185 Å². The molecule has 0 aliphatic carbocycles. The fourth-order valence-electron chi connectivity index (χ4n) is 4.36. The first kappa shape index (κ1) is 21.5. The Hall–Kier alpha value is -2.74. The maximum Gasteiger partial charge on any atom is 0.149 e.